The summed E-state index contributed by atoms with van der Waals surface area (Å²) in [6.07, 6.45) is 2.08. The molecule has 4 N–H and O–H groups in total. The minimum Gasteiger partial charge on any atom is -0.494 e. The highest BCUT2D eigenvalue weighted by Gasteiger charge is 2.13. The van der Waals surface area contributed by atoms with Gasteiger partial charge in [0.15, 0.2) is 0 Å². The van der Waals surface area contributed by atoms with Gasteiger partial charge in [-0.25, -0.2) is 4.98 Å². The fourth-order valence-electron chi connectivity index (χ4n) is 5.93. The lowest BCUT2D eigenvalue weighted by molar-refractivity contribution is -0.120. The van der Waals surface area contributed by atoms with E-state index in [2.05, 4.69) is 56.7 Å². The first kappa shape index (κ1) is 36.0. The quantitative estimate of drug-likeness (QED) is 0.103. The number of aliphatic hydroxyl groups excluding tert-OH is 1. The van der Waals surface area contributed by atoms with Crippen LogP contribution in [0.4, 0.5) is 0 Å². The smallest absolute Gasteiger partial charge is 0.251 e. The van der Waals surface area contributed by atoms with Crippen molar-refractivity contribution in [2.24, 2.45) is 0 Å². The van der Waals surface area contributed by atoms with Gasteiger partial charge in [-0.05, 0) is 87.2 Å². The first-order valence-electron chi connectivity index (χ1n) is 17.1. The molecule has 0 radical (unpaired) electrons. The van der Waals surface area contributed by atoms with Gasteiger partial charge in [-0.2, -0.15) is 0 Å². The number of nitrogens with zero attached hydrogens (tertiary/aromatic N) is 2. The van der Waals surface area contributed by atoms with E-state index in [-0.39, 0.29) is 24.3 Å². The standard InChI is InChI=1S/C41H47N5O4/c1-5-50-38-12-7-6-11-36(38)26-45-41(49)34-17-15-31(16-18-34)24-44-40(48)23-33-10-8-9-32(22-33)21-28(2)42-27-37(47)35-19-20-39(43-25-35)46-29(3)13-14-30(46)4/h6-20,22,25,28,37,42,47H,5,21,23-24,26-27H2,1-4H3,(H,44,48)(H,45,49)/t28?,37-/m1/s1. The molecule has 0 bridgehead atoms. The van der Waals surface area contributed by atoms with E-state index in [0.29, 0.717) is 31.8 Å². The Balaban J connectivity index is 1.04. The Bertz CT molecular complexity index is 1850. The van der Waals surface area contributed by atoms with Gasteiger partial charge >= 0.3 is 0 Å². The van der Waals surface area contributed by atoms with E-state index < -0.39 is 6.10 Å². The highest BCUT2D eigenvalue weighted by Crippen LogP contribution is 2.19. The molecule has 2 aromatic heterocycles. The first-order chi connectivity index (χ1) is 24.2. The number of benzene rings is 3. The maximum Gasteiger partial charge on any atom is 0.251 e. The molecule has 3 aromatic carbocycles. The van der Waals surface area contributed by atoms with Crippen LogP contribution in [0.5, 0.6) is 5.75 Å². The molecule has 260 valence electrons. The third-order valence-electron chi connectivity index (χ3n) is 8.63. The summed E-state index contributed by atoms with van der Waals surface area (Å²) in [7, 11) is 0. The molecular formula is C41H47N5O4. The highest BCUT2D eigenvalue weighted by atomic mass is 16.5. The Morgan fingerprint density at radius 3 is 2.30 bits per heavy atom. The molecule has 0 spiro atoms. The normalized spacial score (nSPS) is 12.3. The molecule has 0 aliphatic carbocycles. The number of pyridine rings is 1. The molecule has 5 aromatic rings. The van der Waals surface area contributed by atoms with Crippen molar-refractivity contribution in [3.05, 3.63) is 148 Å². The molecule has 1 unspecified atom stereocenters. The molecule has 0 fully saturated rings. The molecule has 50 heavy (non-hydrogen) atoms. The second kappa shape index (κ2) is 17.4. The molecule has 0 aliphatic heterocycles. The number of ether oxygens (including phenoxy) is 1. The third kappa shape index (κ3) is 9.90. The zero-order valence-corrected chi connectivity index (χ0v) is 29.3. The number of hydrogen-bond acceptors (Lipinski definition) is 6. The van der Waals surface area contributed by atoms with Crippen molar-refractivity contribution in [2.75, 3.05) is 13.2 Å². The van der Waals surface area contributed by atoms with Crippen molar-refractivity contribution < 1.29 is 19.4 Å². The van der Waals surface area contributed by atoms with Gasteiger partial charge in [0.05, 0.1) is 19.1 Å². The number of aromatic nitrogens is 2. The Morgan fingerprint density at radius 2 is 1.58 bits per heavy atom. The molecule has 0 saturated heterocycles. The van der Waals surface area contributed by atoms with Crippen molar-refractivity contribution in [1.82, 2.24) is 25.5 Å². The van der Waals surface area contributed by atoms with Crippen LogP contribution in [0, 0.1) is 13.8 Å². The number of aliphatic hydroxyl groups is 1. The van der Waals surface area contributed by atoms with Gasteiger partial charge < -0.3 is 30.4 Å². The largest absolute Gasteiger partial charge is 0.494 e. The number of carbonyl (C=O) groups is 2. The van der Waals surface area contributed by atoms with Crippen molar-refractivity contribution in [2.45, 2.75) is 65.8 Å². The number of amides is 2. The molecule has 9 nitrogen and oxygen atoms in total. The zero-order valence-electron chi connectivity index (χ0n) is 29.3. The van der Waals surface area contributed by atoms with Crippen LogP contribution < -0.4 is 20.7 Å². The monoisotopic (exact) mass is 673 g/mol. The van der Waals surface area contributed by atoms with Crippen LogP contribution in [0.3, 0.4) is 0 Å². The van der Waals surface area contributed by atoms with E-state index >= 15 is 0 Å². The number of carbonyl (C=O) groups excluding carboxylic acids is 2. The minimum atomic E-state index is -0.678. The predicted molar refractivity (Wildman–Crippen MR) is 196 cm³/mol. The minimum absolute atomic E-state index is 0.0760. The predicted octanol–water partition coefficient (Wildman–Crippen LogP) is 5.93. The zero-order chi connectivity index (χ0) is 35.5. The van der Waals surface area contributed by atoms with Crippen LogP contribution in [0.2, 0.25) is 0 Å². The summed E-state index contributed by atoms with van der Waals surface area (Å²) in [6, 6.07) is 31.0. The van der Waals surface area contributed by atoms with Gasteiger partial charge in [-0.1, -0.05) is 60.7 Å². The molecule has 2 amide bonds. The molecule has 0 aliphatic rings. The lowest BCUT2D eigenvalue weighted by Crippen LogP contribution is -2.32. The van der Waals surface area contributed by atoms with Crippen molar-refractivity contribution in [1.29, 1.82) is 0 Å². The summed E-state index contributed by atoms with van der Waals surface area (Å²) in [5, 5.41) is 20.2. The van der Waals surface area contributed by atoms with Crippen LogP contribution in [0.15, 0.2) is 103 Å². The van der Waals surface area contributed by atoms with Crippen LogP contribution >= 0.6 is 0 Å². The van der Waals surface area contributed by atoms with E-state index in [1.165, 1.54) is 0 Å². The van der Waals surface area contributed by atoms with Gasteiger partial charge in [-0.15, -0.1) is 0 Å². The Morgan fingerprint density at radius 1 is 0.840 bits per heavy atom. The fourth-order valence-corrected chi connectivity index (χ4v) is 5.93. The van der Waals surface area contributed by atoms with Gasteiger partial charge in [0.25, 0.3) is 5.91 Å². The molecule has 2 heterocycles. The van der Waals surface area contributed by atoms with Gasteiger partial charge in [0.2, 0.25) is 5.91 Å². The number of aryl methyl sites for hydroxylation is 2. The molecular weight excluding hydrogens is 626 g/mol. The lowest BCUT2D eigenvalue weighted by atomic mass is 10.0. The highest BCUT2D eigenvalue weighted by molar-refractivity contribution is 5.94. The van der Waals surface area contributed by atoms with E-state index in [4.69, 9.17) is 4.74 Å². The van der Waals surface area contributed by atoms with Crippen LogP contribution in [0.25, 0.3) is 5.82 Å². The summed E-state index contributed by atoms with van der Waals surface area (Å²) < 4.78 is 7.73. The summed E-state index contributed by atoms with van der Waals surface area (Å²) in [6.45, 7) is 9.81. The number of hydrogen-bond donors (Lipinski definition) is 4. The van der Waals surface area contributed by atoms with E-state index in [1.54, 1.807) is 18.3 Å². The van der Waals surface area contributed by atoms with E-state index in [9.17, 15) is 14.7 Å². The number of rotatable bonds is 16. The average molecular weight is 674 g/mol. The maximum atomic E-state index is 12.8. The van der Waals surface area contributed by atoms with E-state index in [1.807, 2.05) is 81.4 Å². The van der Waals surface area contributed by atoms with Crippen molar-refractivity contribution in [3.8, 4) is 11.6 Å². The summed E-state index contributed by atoms with van der Waals surface area (Å²) in [4.78, 5) is 30.1. The van der Waals surface area contributed by atoms with Gasteiger partial charge in [-0.3, -0.25) is 9.59 Å². The third-order valence-corrected chi connectivity index (χ3v) is 8.63. The Hall–Kier alpha value is -5.25. The van der Waals surface area contributed by atoms with Gasteiger partial charge in [0.1, 0.15) is 11.6 Å². The van der Waals surface area contributed by atoms with E-state index in [0.717, 1.165) is 57.2 Å². The van der Waals surface area contributed by atoms with Crippen molar-refractivity contribution >= 4 is 11.8 Å². The molecule has 9 heteroatoms. The van der Waals surface area contributed by atoms with Crippen LogP contribution in [0.1, 0.15) is 69.5 Å². The summed E-state index contributed by atoms with van der Waals surface area (Å²) in [5.74, 6) is 1.35. The average Bonchev–Trinajstić information content (AvgIpc) is 3.46. The number of para-hydroxylation sites is 1. The molecule has 0 saturated carbocycles. The Labute approximate surface area is 294 Å². The second-order valence-electron chi connectivity index (χ2n) is 12.6. The Kier molecular flexibility index (Phi) is 12.6. The van der Waals surface area contributed by atoms with Crippen LogP contribution in [-0.2, 0) is 30.7 Å². The second-order valence-corrected chi connectivity index (χ2v) is 12.6. The first-order valence-corrected chi connectivity index (χ1v) is 17.1. The maximum absolute atomic E-state index is 12.8. The number of nitrogens with one attached hydrogen (secondary N) is 3. The topological polar surface area (TPSA) is 118 Å². The lowest BCUT2D eigenvalue weighted by Gasteiger charge is -2.18. The fraction of sp³-hybridized carbons (Fsp3) is 0.293. The SMILES string of the molecule is CCOc1ccccc1CNC(=O)c1ccc(CNC(=O)Cc2cccc(CC(C)NC[C@@H](O)c3ccc(-n4c(C)ccc4C)nc3)c2)cc1. The summed E-state index contributed by atoms with van der Waals surface area (Å²) in [5.41, 5.74) is 7.42. The van der Waals surface area contributed by atoms with Gasteiger partial charge in [0, 0.05) is 60.0 Å². The van der Waals surface area contributed by atoms with Crippen LogP contribution in [-0.4, -0.2) is 45.7 Å². The molecule has 5 rings (SSSR count). The van der Waals surface area contributed by atoms with Crippen molar-refractivity contribution in [3.63, 3.8) is 0 Å². The molecule has 2 atom stereocenters. The summed E-state index contributed by atoms with van der Waals surface area (Å²) >= 11 is 0.